The first-order chi connectivity index (χ1) is 16.4. The van der Waals surface area contributed by atoms with Crippen molar-refractivity contribution in [2.75, 3.05) is 5.32 Å². The molecule has 0 fully saturated rings. The lowest BCUT2D eigenvalue weighted by Gasteiger charge is -2.12. The topological polar surface area (TPSA) is 185 Å². The fraction of sp³-hybridized carbons (Fsp3) is 0. The number of fused-ring (bicyclic) bond motifs is 1. The third-order valence-corrected chi connectivity index (χ3v) is 5.03. The molecule has 0 bridgehead atoms. The van der Waals surface area contributed by atoms with E-state index >= 15 is 0 Å². The molecule has 11 nitrogen and oxygen atoms in total. The molecule has 0 saturated carbocycles. The zero-order valence-corrected chi connectivity index (χ0v) is 17.6. The van der Waals surface area contributed by atoms with Crippen LogP contribution in [0.15, 0.2) is 71.5 Å². The molecule has 0 aliphatic heterocycles. The standard InChI is InChI=1S/C23H19N7O4/c24-29-21(32)13-9-12(10-14(11-13)22(33)30-25)20(31)27-17-7-3-1-5-15(17)19-26-18-8-4-2-6-16(18)23(34)28-19/h1-11H,24-25H2,(H,27,31)(H,29,32)(H,30,33)(H,26,28,34). The minimum atomic E-state index is -0.695. The second-order valence-corrected chi connectivity index (χ2v) is 7.18. The van der Waals surface area contributed by atoms with E-state index in [1.165, 1.54) is 18.2 Å². The highest BCUT2D eigenvalue weighted by molar-refractivity contribution is 6.09. The molecule has 0 aliphatic rings. The molecular weight excluding hydrogens is 438 g/mol. The minimum absolute atomic E-state index is 0.00877. The summed E-state index contributed by atoms with van der Waals surface area (Å²) in [7, 11) is 0. The van der Waals surface area contributed by atoms with Gasteiger partial charge in [-0.15, -0.1) is 0 Å². The van der Waals surface area contributed by atoms with Gasteiger partial charge in [0.05, 0.1) is 16.6 Å². The zero-order valence-electron chi connectivity index (χ0n) is 17.6. The van der Waals surface area contributed by atoms with Crippen molar-refractivity contribution in [3.8, 4) is 11.4 Å². The van der Waals surface area contributed by atoms with Crippen molar-refractivity contribution < 1.29 is 14.4 Å². The number of carbonyl (C=O) groups is 3. The maximum atomic E-state index is 13.1. The van der Waals surface area contributed by atoms with Crippen LogP contribution in [0.5, 0.6) is 0 Å². The van der Waals surface area contributed by atoms with Crippen LogP contribution in [0.4, 0.5) is 5.69 Å². The van der Waals surface area contributed by atoms with Gasteiger partial charge in [-0.2, -0.15) is 0 Å². The van der Waals surface area contributed by atoms with E-state index in [0.717, 1.165) is 0 Å². The average Bonchev–Trinajstić information content (AvgIpc) is 2.87. The van der Waals surface area contributed by atoms with Gasteiger partial charge in [-0.3, -0.25) is 30.0 Å². The molecule has 4 rings (SSSR count). The van der Waals surface area contributed by atoms with Gasteiger partial charge < -0.3 is 10.3 Å². The molecular formula is C23H19N7O4. The second-order valence-electron chi connectivity index (χ2n) is 7.18. The Balaban J connectivity index is 1.74. The monoisotopic (exact) mass is 457 g/mol. The van der Waals surface area contributed by atoms with Crippen LogP contribution in [0.3, 0.4) is 0 Å². The Bertz CT molecular complexity index is 1460. The fourth-order valence-electron chi connectivity index (χ4n) is 3.39. The van der Waals surface area contributed by atoms with Gasteiger partial charge in [0.2, 0.25) is 0 Å². The molecule has 0 aliphatic carbocycles. The maximum absolute atomic E-state index is 13.1. The zero-order chi connectivity index (χ0) is 24.2. The Morgan fingerprint density at radius 2 is 1.32 bits per heavy atom. The Labute approximate surface area is 192 Å². The number of rotatable bonds is 5. The summed E-state index contributed by atoms with van der Waals surface area (Å²) in [5.41, 5.74) is 4.90. The first-order valence-electron chi connectivity index (χ1n) is 9.98. The summed E-state index contributed by atoms with van der Waals surface area (Å²) >= 11 is 0. The molecule has 11 heteroatoms. The van der Waals surface area contributed by atoms with E-state index in [0.29, 0.717) is 22.2 Å². The van der Waals surface area contributed by atoms with Gasteiger partial charge in [-0.25, -0.2) is 16.7 Å². The molecule has 0 radical (unpaired) electrons. The number of para-hydroxylation sites is 2. The van der Waals surface area contributed by atoms with Gasteiger partial charge in [0.1, 0.15) is 5.82 Å². The van der Waals surface area contributed by atoms with E-state index in [4.69, 9.17) is 11.7 Å². The van der Waals surface area contributed by atoms with Gasteiger partial charge in [0, 0.05) is 22.3 Å². The summed E-state index contributed by atoms with van der Waals surface area (Å²) in [6.07, 6.45) is 0. The van der Waals surface area contributed by atoms with Gasteiger partial charge >= 0.3 is 0 Å². The Morgan fingerprint density at radius 1 is 0.765 bits per heavy atom. The quantitative estimate of drug-likeness (QED) is 0.147. The molecule has 3 aromatic carbocycles. The van der Waals surface area contributed by atoms with E-state index < -0.39 is 17.7 Å². The predicted octanol–water partition coefficient (Wildman–Crippen LogP) is 1.05. The Hall–Kier alpha value is -4.87. The number of anilines is 1. The Morgan fingerprint density at radius 3 is 1.97 bits per heavy atom. The normalized spacial score (nSPS) is 10.5. The lowest BCUT2D eigenvalue weighted by atomic mass is 10.0. The van der Waals surface area contributed by atoms with Crippen molar-refractivity contribution in [3.63, 3.8) is 0 Å². The summed E-state index contributed by atoms with van der Waals surface area (Å²) in [6.45, 7) is 0. The van der Waals surface area contributed by atoms with Crippen LogP contribution in [0.2, 0.25) is 0 Å². The number of aromatic amines is 1. The lowest BCUT2D eigenvalue weighted by Crippen LogP contribution is -2.32. The van der Waals surface area contributed by atoms with E-state index in [9.17, 15) is 19.2 Å². The SMILES string of the molecule is NNC(=O)c1cc(C(=O)NN)cc(C(=O)Nc2ccccc2-c2nc3ccccc3c(=O)[nH]2)c1. The number of nitrogens with zero attached hydrogens (tertiary/aromatic N) is 1. The number of hydrogen-bond acceptors (Lipinski definition) is 7. The summed E-state index contributed by atoms with van der Waals surface area (Å²) < 4.78 is 0. The molecule has 3 amide bonds. The van der Waals surface area contributed by atoms with Gasteiger partial charge in [0.25, 0.3) is 23.3 Å². The number of nitrogens with one attached hydrogen (secondary N) is 4. The van der Waals surface area contributed by atoms with Gasteiger partial charge in [0.15, 0.2) is 0 Å². The van der Waals surface area contributed by atoms with Gasteiger partial charge in [-0.1, -0.05) is 24.3 Å². The van der Waals surface area contributed by atoms with Crippen molar-refractivity contribution >= 4 is 34.3 Å². The summed E-state index contributed by atoms with van der Waals surface area (Å²) in [5.74, 6) is 8.63. The molecule has 8 N–H and O–H groups in total. The third kappa shape index (κ3) is 4.37. The number of nitrogens with two attached hydrogens (primary N) is 2. The summed E-state index contributed by atoms with van der Waals surface area (Å²) in [4.78, 5) is 56.8. The number of aromatic nitrogens is 2. The van der Waals surface area contributed by atoms with Crippen molar-refractivity contribution in [2.45, 2.75) is 0 Å². The molecule has 170 valence electrons. The Kier molecular flexibility index (Phi) is 6.12. The molecule has 0 spiro atoms. The van der Waals surface area contributed by atoms with E-state index in [1.54, 1.807) is 48.5 Å². The molecule has 0 saturated heterocycles. The first-order valence-corrected chi connectivity index (χ1v) is 9.98. The van der Waals surface area contributed by atoms with Crippen molar-refractivity contribution in [3.05, 3.63) is 93.8 Å². The summed E-state index contributed by atoms with van der Waals surface area (Å²) in [6, 6.07) is 17.5. The number of nitrogen functional groups attached to an aromatic ring is 2. The third-order valence-electron chi connectivity index (χ3n) is 5.03. The van der Waals surface area contributed by atoms with Crippen LogP contribution in [0.25, 0.3) is 22.3 Å². The van der Waals surface area contributed by atoms with E-state index in [2.05, 4.69) is 15.3 Å². The van der Waals surface area contributed by atoms with Crippen LogP contribution in [0.1, 0.15) is 31.1 Å². The number of H-pyrrole nitrogens is 1. The highest BCUT2D eigenvalue weighted by atomic mass is 16.2. The summed E-state index contributed by atoms with van der Waals surface area (Å²) in [5, 5.41) is 3.17. The van der Waals surface area contributed by atoms with Crippen molar-refractivity contribution in [2.24, 2.45) is 11.7 Å². The van der Waals surface area contributed by atoms with Crippen LogP contribution in [-0.2, 0) is 0 Å². The van der Waals surface area contributed by atoms with Gasteiger partial charge in [-0.05, 0) is 42.5 Å². The van der Waals surface area contributed by atoms with Crippen LogP contribution < -0.4 is 33.4 Å². The molecule has 34 heavy (non-hydrogen) atoms. The smallest absolute Gasteiger partial charge is 0.265 e. The minimum Gasteiger partial charge on any atom is -0.321 e. The number of amides is 3. The molecule has 0 unspecified atom stereocenters. The average molecular weight is 457 g/mol. The highest BCUT2D eigenvalue weighted by Gasteiger charge is 2.18. The number of hydrogen-bond donors (Lipinski definition) is 6. The predicted molar refractivity (Wildman–Crippen MR) is 126 cm³/mol. The lowest BCUT2D eigenvalue weighted by molar-refractivity contribution is 0.0953. The van der Waals surface area contributed by atoms with Crippen molar-refractivity contribution in [1.29, 1.82) is 0 Å². The van der Waals surface area contributed by atoms with Crippen LogP contribution >= 0.6 is 0 Å². The first kappa shape index (κ1) is 22.3. The number of hydrazine groups is 2. The highest BCUT2D eigenvalue weighted by Crippen LogP contribution is 2.26. The number of carbonyl (C=O) groups excluding carboxylic acids is 3. The van der Waals surface area contributed by atoms with E-state index in [-0.39, 0.29) is 28.1 Å². The number of benzene rings is 3. The molecule has 1 aromatic heterocycles. The molecule has 4 aromatic rings. The van der Waals surface area contributed by atoms with Crippen LogP contribution in [0, 0.1) is 0 Å². The second kappa shape index (κ2) is 9.32. The fourth-order valence-corrected chi connectivity index (χ4v) is 3.39. The molecule has 1 heterocycles. The van der Waals surface area contributed by atoms with Crippen LogP contribution in [-0.4, -0.2) is 27.7 Å². The maximum Gasteiger partial charge on any atom is 0.265 e. The largest absolute Gasteiger partial charge is 0.321 e. The van der Waals surface area contributed by atoms with E-state index in [1.807, 2.05) is 10.9 Å². The van der Waals surface area contributed by atoms with Crippen molar-refractivity contribution in [1.82, 2.24) is 20.8 Å². The molecule has 0 atom stereocenters.